The molecule has 1 fully saturated rings. The predicted molar refractivity (Wildman–Crippen MR) is 129 cm³/mol. The third kappa shape index (κ3) is 6.42. The Morgan fingerprint density at radius 3 is 2.19 bits per heavy atom. The predicted octanol–water partition coefficient (Wildman–Crippen LogP) is 2.21. The van der Waals surface area contributed by atoms with Gasteiger partial charge in [-0.05, 0) is 56.3 Å². The minimum Gasteiger partial charge on any atom is -0.508 e. The van der Waals surface area contributed by atoms with Crippen LogP contribution in [0.15, 0.2) is 12.1 Å². The number of phenolic OH excluding ortho intramolecular Hbond substituents is 2. The normalized spacial score (nSPS) is 21.3. The maximum atomic E-state index is 11.7. The molecule has 1 saturated carbocycles. The van der Waals surface area contributed by atoms with Gasteiger partial charge in [-0.2, -0.15) is 0 Å². The first kappa shape index (κ1) is 26.5. The van der Waals surface area contributed by atoms with Crippen molar-refractivity contribution in [2.45, 2.75) is 83.7 Å². The Bertz CT molecular complexity index is 722. The van der Waals surface area contributed by atoms with E-state index in [-0.39, 0.29) is 23.5 Å². The topological polar surface area (TPSA) is 128 Å². The standard InChI is InChI=1S/C24H43N5O3/c1-5-27-11-12-28(6-2)17-7-9-18(10-8-17)29(23(25)15-30)24(26)20-13-19(16(3)4)21(31)14-22(20)32/h13-18,23-24,27,31-32H,5-12,25-26H2,1-4H3. The molecule has 0 amide bonds. The van der Waals surface area contributed by atoms with Crippen LogP contribution in [0.1, 0.15) is 76.6 Å². The maximum Gasteiger partial charge on any atom is 0.151 e. The minimum atomic E-state index is -0.863. The summed E-state index contributed by atoms with van der Waals surface area (Å²) in [5.74, 6) is 0.0154. The lowest BCUT2D eigenvalue weighted by atomic mass is 9.88. The summed E-state index contributed by atoms with van der Waals surface area (Å²) in [6, 6.07) is 3.62. The van der Waals surface area contributed by atoms with Crippen molar-refractivity contribution in [3.8, 4) is 11.5 Å². The largest absolute Gasteiger partial charge is 0.508 e. The number of aromatic hydroxyl groups is 2. The van der Waals surface area contributed by atoms with E-state index in [9.17, 15) is 15.0 Å². The molecule has 1 aromatic carbocycles. The van der Waals surface area contributed by atoms with Crippen molar-refractivity contribution in [2.24, 2.45) is 11.5 Å². The molecule has 2 rings (SSSR count). The highest BCUT2D eigenvalue weighted by molar-refractivity contribution is 5.57. The van der Waals surface area contributed by atoms with E-state index in [0.29, 0.717) is 23.5 Å². The number of hydrogen-bond acceptors (Lipinski definition) is 8. The maximum absolute atomic E-state index is 11.7. The number of nitrogens with zero attached hydrogens (tertiary/aromatic N) is 2. The van der Waals surface area contributed by atoms with E-state index in [4.69, 9.17) is 11.5 Å². The van der Waals surface area contributed by atoms with Crippen LogP contribution in [0.4, 0.5) is 0 Å². The van der Waals surface area contributed by atoms with Crippen LogP contribution in [0.5, 0.6) is 11.5 Å². The molecule has 0 bridgehead atoms. The molecule has 2 atom stereocenters. The second kappa shape index (κ2) is 12.5. The summed E-state index contributed by atoms with van der Waals surface area (Å²) in [7, 11) is 0. The molecule has 1 aliphatic carbocycles. The first-order chi connectivity index (χ1) is 15.2. The van der Waals surface area contributed by atoms with Gasteiger partial charge in [-0.25, -0.2) is 0 Å². The van der Waals surface area contributed by atoms with Crippen LogP contribution in [0, 0.1) is 0 Å². The van der Waals surface area contributed by atoms with Crippen molar-refractivity contribution < 1.29 is 15.0 Å². The Kier molecular flexibility index (Phi) is 10.4. The Balaban J connectivity index is 2.18. The third-order valence-electron chi connectivity index (χ3n) is 6.76. The SMILES string of the molecule is CCNCCN(CC)C1CCC(N(C(N)C=O)C(N)c2cc(C(C)C)c(O)cc2O)CC1. The molecule has 1 aliphatic rings. The lowest BCUT2D eigenvalue weighted by Gasteiger charge is -2.44. The van der Waals surface area contributed by atoms with Crippen molar-refractivity contribution in [2.75, 3.05) is 26.2 Å². The van der Waals surface area contributed by atoms with Crippen LogP contribution in [-0.2, 0) is 4.79 Å². The molecule has 0 aliphatic heterocycles. The van der Waals surface area contributed by atoms with Crippen molar-refractivity contribution in [3.63, 3.8) is 0 Å². The first-order valence-corrected chi connectivity index (χ1v) is 12.0. The van der Waals surface area contributed by atoms with Gasteiger partial charge in [0, 0.05) is 36.8 Å². The van der Waals surface area contributed by atoms with Crippen LogP contribution >= 0.6 is 0 Å². The van der Waals surface area contributed by atoms with Gasteiger partial charge in [0.1, 0.15) is 17.7 Å². The van der Waals surface area contributed by atoms with E-state index in [2.05, 4.69) is 24.1 Å². The fourth-order valence-corrected chi connectivity index (χ4v) is 4.92. The average molecular weight is 450 g/mol. The van der Waals surface area contributed by atoms with E-state index >= 15 is 0 Å². The highest BCUT2D eigenvalue weighted by Gasteiger charge is 2.35. The van der Waals surface area contributed by atoms with Gasteiger partial charge in [0.2, 0.25) is 0 Å². The number of nitrogens with one attached hydrogen (secondary N) is 1. The number of nitrogens with two attached hydrogens (primary N) is 2. The fraction of sp³-hybridized carbons (Fsp3) is 0.708. The number of benzene rings is 1. The molecule has 32 heavy (non-hydrogen) atoms. The van der Waals surface area contributed by atoms with Crippen molar-refractivity contribution in [1.82, 2.24) is 15.1 Å². The number of carbonyl (C=O) groups is 1. The molecule has 1 aromatic rings. The molecule has 0 radical (unpaired) electrons. The fourth-order valence-electron chi connectivity index (χ4n) is 4.92. The van der Waals surface area contributed by atoms with Gasteiger partial charge in [0.05, 0.1) is 6.17 Å². The lowest BCUT2D eigenvalue weighted by molar-refractivity contribution is -0.115. The zero-order valence-corrected chi connectivity index (χ0v) is 20.1. The monoisotopic (exact) mass is 449 g/mol. The summed E-state index contributed by atoms with van der Waals surface area (Å²) in [6.45, 7) is 12.2. The summed E-state index contributed by atoms with van der Waals surface area (Å²) >= 11 is 0. The highest BCUT2D eigenvalue weighted by atomic mass is 16.3. The summed E-state index contributed by atoms with van der Waals surface area (Å²) in [6.07, 6.45) is 2.89. The second-order valence-corrected chi connectivity index (χ2v) is 9.09. The number of carbonyl (C=O) groups excluding carboxylic acids is 1. The molecule has 182 valence electrons. The van der Waals surface area contributed by atoms with E-state index in [1.807, 2.05) is 18.7 Å². The van der Waals surface area contributed by atoms with Crippen LogP contribution in [0.25, 0.3) is 0 Å². The van der Waals surface area contributed by atoms with Crippen LogP contribution in [-0.4, -0.2) is 70.7 Å². The van der Waals surface area contributed by atoms with Gasteiger partial charge < -0.3 is 31.8 Å². The molecule has 0 aromatic heterocycles. The molecule has 0 saturated heterocycles. The molecular weight excluding hydrogens is 406 g/mol. The number of likely N-dealkylation sites (N-methyl/N-ethyl adjacent to an activating group) is 2. The van der Waals surface area contributed by atoms with E-state index in [0.717, 1.165) is 51.9 Å². The van der Waals surface area contributed by atoms with Crippen LogP contribution in [0.3, 0.4) is 0 Å². The number of phenols is 2. The Hall–Kier alpha value is -1.71. The zero-order valence-electron chi connectivity index (χ0n) is 20.1. The quantitative estimate of drug-likeness (QED) is 0.187. The van der Waals surface area contributed by atoms with Gasteiger partial charge in [-0.3, -0.25) is 9.80 Å². The van der Waals surface area contributed by atoms with E-state index < -0.39 is 12.3 Å². The Morgan fingerprint density at radius 2 is 1.66 bits per heavy atom. The van der Waals surface area contributed by atoms with Gasteiger partial charge >= 0.3 is 0 Å². The van der Waals surface area contributed by atoms with Crippen molar-refractivity contribution in [3.05, 3.63) is 23.3 Å². The number of rotatable bonds is 12. The number of hydrogen-bond donors (Lipinski definition) is 5. The molecule has 7 N–H and O–H groups in total. The third-order valence-corrected chi connectivity index (χ3v) is 6.76. The van der Waals surface area contributed by atoms with Gasteiger partial charge in [-0.1, -0.05) is 27.7 Å². The van der Waals surface area contributed by atoms with Gasteiger partial charge in [-0.15, -0.1) is 0 Å². The second-order valence-electron chi connectivity index (χ2n) is 9.09. The summed E-state index contributed by atoms with van der Waals surface area (Å²) in [4.78, 5) is 16.0. The minimum absolute atomic E-state index is 0.0393. The molecule has 0 heterocycles. The Morgan fingerprint density at radius 1 is 1.06 bits per heavy atom. The Labute approximate surface area is 192 Å². The molecular formula is C24H43N5O3. The smallest absolute Gasteiger partial charge is 0.151 e. The summed E-state index contributed by atoms with van der Waals surface area (Å²) in [5.41, 5.74) is 14.0. The van der Waals surface area contributed by atoms with Gasteiger partial charge in [0.25, 0.3) is 0 Å². The first-order valence-electron chi connectivity index (χ1n) is 12.0. The van der Waals surface area contributed by atoms with E-state index in [1.54, 1.807) is 6.07 Å². The number of aldehydes is 1. The molecule has 0 spiro atoms. The highest BCUT2D eigenvalue weighted by Crippen LogP contribution is 2.38. The van der Waals surface area contributed by atoms with Crippen LogP contribution in [0.2, 0.25) is 0 Å². The van der Waals surface area contributed by atoms with Crippen LogP contribution < -0.4 is 16.8 Å². The van der Waals surface area contributed by atoms with Crippen molar-refractivity contribution in [1.29, 1.82) is 0 Å². The lowest BCUT2D eigenvalue weighted by Crippen LogP contribution is -2.55. The molecule has 8 heteroatoms. The van der Waals surface area contributed by atoms with E-state index in [1.165, 1.54) is 6.07 Å². The van der Waals surface area contributed by atoms with Crippen molar-refractivity contribution >= 4 is 6.29 Å². The molecule has 2 unspecified atom stereocenters. The zero-order chi connectivity index (χ0) is 23.8. The molecule has 8 nitrogen and oxygen atoms in total. The summed E-state index contributed by atoms with van der Waals surface area (Å²) in [5, 5.41) is 24.1. The summed E-state index contributed by atoms with van der Waals surface area (Å²) < 4.78 is 0. The van der Waals surface area contributed by atoms with Gasteiger partial charge in [0.15, 0.2) is 6.29 Å². The average Bonchev–Trinajstić information content (AvgIpc) is 2.77.